The monoisotopic (exact) mass is 419 g/mol. The van der Waals surface area contributed by atoms with Crippen molar-refractivity contribution in [2.24, 2.45) is 0 Å². The quantitative estimate of drug-likeness (QED) is 0.650. The fourth-order valence-electron chi connectivity index (χ4n) is 3.90. The van der Waals surface area contributed by atoms with Gasteiger partial charge in [-0.3, -0.25) is 4.79 Å². The lowest BCUT2D eigenvalue weighted by atomic mass is 9.87. The van der Waals surface area contributed by atoms with Crippen LogP contribution in [0.5, 0.6) is 23.0 Å². The molecule has 1 heterocycles. The lowest BCUT2D eigenvalue weighted by Crippen LogP contribution is -2.23. The summed E-state index contributed by atoms with van der Waals surface area (Å²) >= 11 is 0. The largest absolute Gasteiger partial charge is 0.496 e. The third-order valence-corrected chi connectivity index (χ3v) is 5.45. The number of rotatable bonds is 5. The van der Waals surface area contributed by atoms with Crippen molar-refractivity contribution in [1.82, 2.24) is 0 Å². The predicted molar refractivity (Wildman–Crippen MR) is 119 cm³/mol. The van der Waals surface area contributed by atoms with E-state index in [-0.39, 0.29) is 5.91 Å². The van der Waals surface area contributed by atoms with Crippen LogP contribution in [0.1, 0.15) is 28.2 Å². The maximum absolute atomic E-state index is 13.7. The van der Waals surface area contributed by atoms with E-state index in [1.165, 1.54) is 14.2 Å². The second-order valence-electron chi connectivity index (χ2n) is 7.36. The highest BCUT2D eigenvalue weighted by Crippen LogP contribution is 2.42. The zero-order valence-corrected chi connectivity index (χ0v) is 18.0. The van der Waals surface area contributed by atoms with E-state index in [0.717, 1.165) is 22.3 Å². The molecule has 0 spiro atoms. The van der Waals surface area contributed by atoms with Gasteiger partial charge >= 0.3 is 0 Å². The molecule has 3 aromatic rings. The van der Waals surface area contributed by atoms with E-state index < -0.39 is 5.92 Å². The van der Waals surface area contributed by atoms with Gasteiger partial charge in [-0.2, -0.15) is 0 Å². The van der Waals surface area contributed by atoms with Gasteiger partial charge in [-0.05, 0) is 24.1 Å². The van der Waals surface area contributed by atoms with Crippen LogP contribution in [0, 0.1) is 6.92 Å². The van der Waals surface area contributed by atoms with Crippen LogP contribution >= 0.6 is 0 Å². The summed E-state index contributed by atoms with van der Waals surface area (Å²) in [7, 11) is 4.64. The van der Waals surface area contributed by atoms with Crippen LogP contribution in [0.25, 0.3) is 0 Å². The Morgan fingerprint density at radius 1 is 0.935 bits per heavy atom. The van der Waals surface area contributed by atoms with Crippen molar-refractivity contribution in [3.05, 3.63) is 76.9 Å². The first-order chi connectivity index (χ1) is 15.0. The van der Waals surface area contributed by atoms with Gasteiger partial charge in [0.2, 0.25) is 5.91 Å². The van der Waals surface area contributed by atoms with Crippen molar-refractivity contribution in [2.75, 3.05) is 26.6 Å². The number of ether oxygens (including phenoxy) is 4. The Morgan fingerprint density at radius 3 is 2.32 bits per heavy atom. The average molecular weight is 419 g/mol. The highest BCUT2D eigenvalue weighted by molar-refractivity contribution is 6.01. The van der Waals surface area contributed by atoms with Crippen molar-refractivity contribution in [3.63, 3.8) is 0 Å². The molecule has 1 aliphatic rings. The summed E-state index contributed by atoms with van der Waals surface area (Å²) in [6.45, 7) is 2.41. The van der Waals surface area contributed by atoms with Gasteiger partial charge in [-0.25, -0.2) is 0 Å². The summed E-state index contributed by atoms with van der Waals surface area (Å²) < 4.78 is 22.3. The molecule has 31 heavy (non-hydrogen) atoms. The fraction of sp³-hybridized carbons (Fsp3) is 0.240. The number of hydrogen-bond donors (Lipinski definition) is 1. The number of carbonyl (C=O) groups is 1. The van der Waals surface area contributed by atoms with Crippen LogP contribution in [-0.2, 0) is 11.4 Å². The lowest BCUT2D eigenvalue weighted by molar-refractivity contribution is -0.116. The molecule has 0 saturated carbocycles. The Hall–Kier alpha value is -3.67. The molecular weight excluding hydrogens is 394 g/mol. The van der Waals surface area contributed by atoms with Crippen LogP contribution in [0.2, 0.25) is 0 Å². The van der Waals surface area contributed by atoms with E-state index in [1.807, 2.05) is 49.4 Å². The van der Waals surface area contributed by atoms with Crippen molar-refractivity contribution >= 4 is 11.6 Å². The highest BCUT2D eigenvalue weighted by atomic mass is 16.5. The first-order valence-electron chi connectivity index (χ1n) is 9.97. The van der Waals surface area contributed by atoms with E-state index in [4.69, 9.17) is 18.9 Å². The van der Waals surface area contributed by atoms with Gasteiger partial charge in [-0.15, -0.1) is 0 Å². The van der Waals surface area contributed by atoms with E-state index in [1.54, 1.807) is 19.2 Å². The Balaban J connectivity index is 1.82. The van der Waals surface area contributed by atoms with Gasteiger partial charge < -0.3 is 24.3 Å². The number of amides is 1. The summed E-state index contributed by atoms with van der Waals surface area (Å²) in [6.07, 6.45) is 0. The molecule has 6 heteroatoms. The first kappa shape index (κ1) is 20.6. The van der Waals surface area contributed by atoms with Crippen LogP contribution in [0.4, 0.5) is 5.69 Å². The molecule has 0 aromatic heterocycles. The number of carbonyl (C=O) groups excluding carboxylic acids is 1. The van der Waals surface area contributed by atoms with Crippen LogP contribution in [0.3, 0.4) is 0 Å². The minimum absolute atomic E-state index is 0.202. The predicted octanol–water partition coefficient (Wildman–Crippen LogP) is 4.68. The summed E-state index contributed by atoms with van der Waals surface area (Å²) in [4.78, 5) is 13.7. The number of fused-ring (bicyclic) bond motifs is 2. The van der Waals surface area contributed by atoms with Gasteiger partial charge in [0.1, 0.15) is 35.3 Å². The number of aryl methyl sites for hydroxylation is 1. The van der Waals surface area contributed by atoms with Crippen molar-refractivity contribution < 1.29 is 23.7 Å². The van der Waals surface area contributed by atoms with E-state index in [0.29, 0.717) is 35.3 Å². The zero-order valence-electron chi connectivity index (χ0n) is 18.0. The maximum Gasteiger partial charge on any atom is 0.236 e. The normalized spacial score (nSPS) is 14.4. The SMILES string of the molecule is COc1cc(OC)c(NC(=O)C2c3ccccc3COc3ccc(C)cc32)c(OC)c1. The Labute approximate surface area is 181 Å². The summed E-state index contributed by atoms with van der Waals surface area (Å²) in [5.74, 6) is 1.42. The van der Waals surface area contributed by atoms with Gasteiger partial charge in [0.25, 0.3) is 0 Å². The minimum atomic E-state index is -0.551. The molecule has 0 aliphatic carbocycles. The molecule has 1 unspecified atom stereocenters. The fourth-order valence-corrected chi connectivity index (χ4v) is 3.90. The molecule has 160 valence electrons. The standard InChI is InChI=1S/C25H25NO5/c1-15-9-10-20-19(11-15)23(18-8-6-5-7-16(18)14-31-20)25(27)26-24-21(29-3)12-17(28-2)13-22(24)30-4/h5-13,23H,14H2,1-4H3,(H,26,27). The topological polar surface area (TPSA) is 66.0 Å². The van der Waals surface area contributed by atoms with Crippen molar-refractivity contribution in [1.29, 1.82) is 0 Å². The molecule has 0 fully saturated rings. The third kappa shape index (κ3) is 3.89. The van der Waals surface area contributed by atoms with E-state index in [9.17, 15) is 4.79 Å². The first-order valence-corrected chi connectivity index (χ1v) is 9.97. The van der Waals surface area contributed by atoms with Crippen LogP contribution < -0.4 is 24.3 Å². The van der Waals surface area contributed by atoms with Gasteiger partial charge in [-0.1, -0.05) is 42.0 Å². The highest BCUT2D eigenvalue weighted by Gasteiger charge is 2.31. The molecule has 1 N–H and O–H groups in total. The Kier molecular flexibility index (Phi) is 5.71. The van der Waals surface area contributed by atoms with E-state index >= 15 is 0 Å². The maximum atomic E-state index is 13.7. The van der Waals surface area contributed by atoms with Gasteiger partial charge in [0.05, 0.1) is 27.2 Å². The molecule has 0 radical (unpaired) electrons. The van der Waals surface area contributed by atoms with Crippen LogP contribution in [0.15, 0.2) is 54.6 Å². The summed E-state index contributed by atoms with van der Waals surface area (Å²) in [6, 6.07) is 17.2. The average Bonchev–Trinajstić information content (AvgIpc) is 2.95. The van der Waals surface area contributed by atoms with E-state index in [2.05, 4.69) is 5.32 Å². The smallest absolute Gasteiger partial charge is 0.236 e. The second kappa shape index (κ2) is 8.60. The molecule has 1 amide bonds. The summed E-state index contributed by atoms with van der Waals surface area (Å²) in [5.41, 5.74) is 4.22. The molecule has 0 saturated heterocycles. The number of anilines is 1. The minimum Gasteiger partial charge on any atom is -0.496 e. The molecule has 3 aromatic carbocycles. The Morgan fingerprint density at radius 2 is 1.65 bits per heavy atom. The summed E-state index contributed by atoms with van der Waals surface area (Å²) in [5, 5.41) is 3.03. The Bertz CT molecular complexity index is 1100. The molecule has 4 rings (SSSR count). The van der Waals surface area contributed by atoms with Crippen molar-refractivity contribution in [3.8, 4) is 23.0 Å². The second-order valence-corrected chi connectivity index (χ2v) is 7.36. The van der Waals surface area contributed by atoms with Crippen molar-refractivity contribution in [2.45, 2.75) is 19.4 Å². The number of benzene rings is 3. The van der Waals surface area contributed by atoms with Gasteiger partial charge in [0.15, 0.2) is 0 Å². The zero-order chi connectivity index (χ0) is 22.0. The molecule has 6 nitrogen and oxygen atoms in total. The van der Waals surface area contributed by atoms with Crippen LogP contribution in [-0.4, -0.2) is 27.2 Å². The lowest BCUT2D eigenvalue weighted by Gasteiger charge is -2.21. The van der Waals surface area contributed by atoms with Gasteiger partial charge in [0, 0.05) is 17.7 Å². The number of methoxy groups -OCH3 is 3. The number of hydrogen-bond acceptors (Lipinski definition) is 5. The molecular formula is C25H25NO5. The number of nitrogens with one attached hydrogen (secondary N) is 1. The molecule has 1 atom stereocenters. The molecule has 1 aliphatic heterocycles. The third-order valence-electron chi connectivity index (χ3n) is 5.45. The molecule has 0 bridgehead atoms.